The van der Waals surface area contributed by atoms with Crippen molar-refractivity contribution in [2.45, 2.75) is 51.7 Å². The van der Waals surface area contributed by atoms with E-state index in [0.29, 0.717) is 6.54 Å². The summed E-state index contributed by atoms with van der Waals surface area (Å²) in [6, 6.07) is 3.37. The van der Waals surface area contributed by atoms with E-state index in [1.54, 1.807) is 20.8 Å². The predicted octanol–water partition coefficient (Wildman–Crippen LogP) is 4.07. The van der Waals surface area contributed by atoms with Crippen molar-refractivity contribution in [3.63, 3.8) is 0 Å². The van der Waals surface area contributed by atoms with Gasteiger partial charge in [-0.1, -0.05) is 6.42 Å². The molecule has 0 aromatic heterocycles. The molecule has 0 saturated heterocycles. The number of alkyl carbamates (subject to hydrolysis) is 1. The smallest absolute Gasteiger partial charge is 0.407 e. The van der Waals surface area contributed by atoms with E-state index < -0.39 is 23.3 Å². The predicted molar refractivity (Wildman–Crippen MR) is 85.3 cm³/mol. The zero-order valence-electron chi connectivity index (χ0n) is 13.8. The minimum Gasteiger partial charge on any atom is -0.444 e. The molecule has 1 aliphatic rings. The molecule has 128 valence electrons. The highest BCUT2D eigenvalue weighted by molar-refractivity contribution is 5.67. The third kappa shape index (κ3) is 5.37. The van der Waals surface area contributed by atoms with Gasteiger partial charge in [0.1, 0.15) is 17.2 Å². The number of carbonyl (C=O) groups is 1. The highest BCUT2D eigenvalue weighted by atomic mass is 19.1. The van der Waals surface area contributed by atoms with Crippen LogP contribution >= 0.6 is 0 Å². The van der Waals surface area contributed by atoms with Crippen molar-refractivity contribution in [1.29, 1.82) is 0 Å². The average Bonchev–Trinajstić information content (AvgIpc) is 2.86. The van der Waals surface area contributed by atoms with Crippen LogP contribution in [0, 0.1) is 17.6 Å². The summed E-state index contributed by atoms with van der Waals surface area (Å²) in [6.45, 7) is 5.86. The van der Waals surface area contributed by atoms with Crippen LogP contribution in [0.2, 0.25) is 0 Å². The van der Waals surface area contributed by atoms with E-state index in [0.717, 1.165) is 37.5 Å². The first-order valence-corrected chi connectivity index (χ1v) is 7.93. The SMILES string of the molecule is CC(C)(C)OC(=O)NCC1CCCC1Nc1cc(F)ccc1F. The molecule has 2 atom stereocenters. The first kappa shape index (κ1) is 17.5. The Morgan fingerprint density at radius 3 is 2.74 bits per heavy atom. The lowest BCUT2D eigenvalue weighted by Crippen LogP contribution is -2.38. The normalized spacial score (nSPS) is 21.1. The molecule has 1 fully saturated rings. The Labute approximate surface area is 135 Å². The Kier molecular flexibility index (Phi) is 5.44. The van der Waals surface area contributed by atoms with Crippen LogP contribution in [0.25, 0.3) is 0 Å². The molecule has 0 radical (unpaired) electrons. The quantitative estimate of drug-likeness (QED) is 0.877. The first-order chi connectivity index (χ1) is 10.7. The molecule has 4 nitrogen and oxygen atoms in total. The van der Waals surface area contributed by atoms with Gasteiger partial charge in [-0.2, -0.15) is 0 Å². The molecule has 0 heterocycles. The number of halogens is 2. The molecule has 6 heteroatoms. The van der Waals surface area contributed by atoms with Crippen LogP contribution in [0.3, 0.4) is 0 Å². The maximum Gasteiger partial charge on any atom is 0.407 e. The number of ether oxygens (including phenoxy) is 1. The van der Waals surface area contributed by atoms with E-state index in [2.05, 4.69) is 10.6 Å². The van der Waals surface area contributed by atoms with E-state index in [4.69, 9.17) is 4.74 Å². The molecule has 1 saturated carbocycles. The molecule has 0 spiro atoms. The summed E-state index contributed by atoms with van der Waals surface area (Å²) in [6.07, 6.45) is 2.30. The summed E-state index contributed by atoms with van der Waals surface area (Å²) in [4.78, 5) is 11.7. The van der Waals surface area contributed by atoms with Crippen LogP contribution in [0.15, 0.2) is 18.2 Å². The Morgan fingerprint density at radius 2 is 2.04 bits per heavy atom. The van der Waals surface area contributed by atoms with Gasteiger partial charge in [0.2, 0.25) is 0 Å². The molecule has 23 heavy (non-hydrogen) atoms. The standard InChI is InChI=1S/C17H24F2N2O2/c1-17(2,3)23-16(22)20-10-11-5-4-6-14(11)21-15-9-12(18)7-8-13(15)19/h7-9,11,14,21H,4-6,10H2,1-3H3,(H,20,22). The topological polar surface area (TPSA) is 50.4 Å². The minimum absolute atomic E-state index is 0.00115. The first-order valence-electron chi connectivity index (χ1n) is 7.93. The summed E-state index contributed by atoms with van der Waals surface area (Å²) in [7, 11) is 0. The minimum atomic E-state index is -0.540. The fraction of sp³-hybridized carbons (Fsp3) is 0.588. The molecular weight excluding hydrogens is 302 g/mol. The van der Waals surface area contributed by atoms with Gasteiger partial charge < -0.3 is 15.4 Å². The van der Waals surface area contributed by atoms with Crippen LogP contribution in [0.5, 0.6) is 0 Å². The van der Waals surface area contributed by atoms with Crippen molar-refractivity contribution in [3.05, 3.63) is 29.8 Å². The summed E-state index contributed by atoms with van der Waals surface area (Å²) >= 11 is 0. The Bertz CT molecular complexity index is 558. The number of nitrogens with one attached hydrogen (secondary N) is 2. The number of carbonyl (C=O) groups excluding carboxylic acids is 1. The van der Waals surface area contributed by atoms with Gasteiger partial charge >= 0.3 is 6.09 Å². The lowest BCUT2D eigenvalue weighted by Gasteiger charge is -2.24. The number of anilines is 1. The van der Waals surface area contributed by atoms with Gasteiger partial charge in [0, 0.05) is 12.6 Å². The van der Waals surface area contributed by atoms with Gasteiger partial charge in [-0.3, -0.25) is 0 Å². The van der Waals surface area contributed by atoms with E-state index >= 15 is 0 Å². The van der Waals surface area contributed by atoms with Crippen LogP contribution in [0.1, 0.15) is 40.0 Å². The third-order valence-electron chi connectivity index (χ3n) is 3.84. The van der Waals surface area contributed by atoms with Crippen LogP contribution in [0.4, 0.5) is 19.3 Å². The van der Waals surface area contributed by atoms with E-state index in [9.17, 15) is 13.6 Å². The molecule has 0 aliphatic heterocycles. The molecular formula is C17H24F2N2O2. The second-order valence-corrected chi connectivity index (χ2v) is 6.95. The molecule has 2 rings (SSSR count). The zero-order valence-corrected chi connectivity index (χ0v) is 13.8. The second-order valence-electron chi connectivity index (χ2n) is 6.95. The number of amides is 1. The van der Waals surface area contributed by atoms with Crippen molar-refractivity contribution in [3.8, 4) is 0 Å². The third-order valence-corrected chi connectivity index (χ3v) is 3.84. The molecule has 2 N–H and O–H groups in total. The number of hydrogen-bond acceptors (Lipinski definition) is 3. The van der Waals surface area contributed by atoms with Gasteiger partial charge in [-0.15, -0.1) is 0 Å². The van der Waals surface area contributed by atoms with Gasteiger partial charge in [0.15, 0.2) is 0 Å². The van der Waals surface area contributed by atoms with Crippen molar-refractivity contribution in [2.75, 3.05) is 11.9 Å². The van der Waals surface area contributed by atoms with Crippen molar-refractivity contribution < 1.29 is 18.3 Å². The lowest BCUT2D eigenvalue weighted by molar-refractivity contribution is 0.0519. The number of rotatable bonds is 4. The highest BCUT2D eigenvalue weighted by Crippen LogP contribution is 2.29. The largest absolute Gasteiger partial charge is 0.444 e. The van der Waals surface area contributed by atoms with Gasteiger partial charge in [-0.25, -0.2) is 13.6 Å². The van der Waals surface area contributed by atoms with Gasteiger partial charge in [-0.05, 0) is 57.7 Å². The van der Waals surface area contributed by atoms with Gasteiger partial charge in [0.05, 0.1) is 5.69 Å². The van der Waals surface area contributed by atoms with Crippen LogP contribution in [-0.2, 0) is 4.74 Å². The Balaban J connectivity index is 1.90. The van der Waals surface area contributed by atoms with Crippen molar-refractivity contribution >= 4 is 11.8 Å². The Morgan fingerprint density at radius 1 is 1.30 bits per heavy atom. The fourth-order valence-electron chi connectivity index (χ4n) is 2.81. The molecule has 1 amide bonds. The number of benzene rings is 1. The molecule has 1 aromatic rings. The van der Waals surface area contributed by atoms with E-state index in [1.165, 1.54) is 0 Å². The van der Waals surface area contributed by atoms with Crippen LogP contribution in [-0.4, -0.2) is 24.3 Å². The van der Waals surface area contributed by atoms with Crippen molar-refractivity contribution in [1.82, 2.24) is 5.32 Å². The van der Waals surface area contributed by atoms with Gasteiger partial charge in [0.25, 0.3) is 0 Å². The van der Waals surface area contributed by atoms with E-state index in [1.807, 2.05) is 0 Å². The molecule has 1 aromatic carbocycles. The highest BCUT2D eigenvalue weighted by Gasteiger charge is 2.28. The summed E-state index contributed by atoms with van der Waals surface area (Å²) < 4.78 is 32.2. The molecule has 1 aliphatic carbocycles. The molecule has 2 unspecified atom stereocenters. The lowest BCUT2D eigenvalue weighted by atomic mass is 10.0. The summed E-state index contributed by atoms with van der Waals surface area (Å²) in [5.41, 5.74) is -0.374. The Hall–Kier alpha value is -1.85. The zero-order chi connectivity index (χ0) is 17.0. The second kappa shape index (κ2) is 7.15. The average molecular weight is 326 g/mol. The van der Waals surface area contributed by atoms with Crippen molar-refractivity contribution in [2.24, 2.45) is 5.92 Å². The maximum absolute atomic E-state index is 13.7. The number of hydrogen-bond donors (Lipinski definition) is 2. The maximum atomic E-state index is 13.7. The summed E-state index contributed by atoms with van der Waals surface area (Å²) in [5.74, 6) is -0.794. The monoisotopic (exact) mass is 326 g/mol. The van der Waals surface area contributed by atoms with Crippen LogP contribution < -0.4 is 10.6 Å². The van der Waals surface area contributed by atoms with E-state index in [-0.39, 0.29) is 17.6 Å². The molecule has 0 bridgehead atoms. The summed E-state index contributed by atoms with van der Waals surface area (Å²) in [5, 5.41) is 5.82. The fourth-order valence-corrected chi connectivity index (χ4v) is 2.81.